The molecule has 0 saturated carbocycles. The second-order valence-corrected chi connectivity index (χ2v) is 8.51. The molecule has 0 unspecified atom stereocenters. The summed E-state index contributed by atoms with van der Waals surface area (Å²) in [5, 5.41) is 3.66. The van der Waals surface area contributed by atoms with Crippen molar-refractivity contribution in [3.05, 3.63) is 72.3 Å². The third-order valence-corrected chi connectivity index (χ3v) is 6.37. The molecule has 2 heterocycles. The summed E-state index contributed by atoms with van der Waals surface area (Å²) in [4.78, 5) is 25.2. The van der Waals surface area contributed by atoms with Crippen LogP contribution in [0.25, 0.3) is 0 Å². The van der Waals surface area contributed by atoms with Crippen LogP contribution in [-0.2, 0) is 11.3 Å². The minimum atomic E-state index is -0.198. The van der Waals surface area contributed by atoms with Gasteiger partial charge in [0.1, 0.15) is 28.7 Å². The second-order valence-electron chi connectivity index (χ2n) is 7.52. The maximum absolute atomic E-state index is 14.1. The van der Waals surface area contributed by atoms with E-state index in [1.807, 2.05) is 42.5 Å². The molecule has 2 aromatic carbocycles. The predicted molar refractivity (Wildman–Crippen MR) is 128 cm³/mol. The van der Waals surface area contributed by atoms with E-state index in [0.29, 0.717) is 25.3 Å². The zero-order valence-corrected chi connectivity index (χ0v) is 19.2. The first-order valence-electron chi connectivity index (χ1n) is 10.7. The number of rotatable bonds is 8. The van der Waals surface area contributed by atoms with Crippen LogP contribution in [0.5, 0.6) is 5.75 Å². The number of piperazine rings is 1. The van der Waals surface area contributed by atoms with E-state index < -0.39 is 0 Å². The Bertz CT molecular complexity index is 1090. The van der Waals surface area contributed by atoms with Gasteiger partial charge in [-0.25, -0.2) is 14.4 Å². The summed E-state index contributed by atoms with van der Waals surface area (Å²) in [5.74, 6) is 1.54. The zero-order chi connectivity index (χ0) is 23.0. The van der Waals surface area contributed by atoms with Crippen molar-refractivity contribution in [2.24, 2.45) is 0 Å². The first kappa shape index (κ1) is 22.8. The molecular weight excluding hydrogens is 441 g/mol. The Balaban J connectivity index is 1.28. The number of thioether (sulfide) groups is 1. The smallest absolute Gasteiger partial charge is 0.230 e. The number of hydrogen-bond acceptors (Lipinski definition) is 7. The number of nitrogens with one attached hydrogen (secondary N) is 1. The maximum atomic E-state index is 14.1. The van der Waals surface area contributed by atoms with E-state index in [9.17, 15) is 9.18 Å². The Labute approximate surface area is 197 Å². The Hall–Kier alpha value is -3.33. The minimum absolute atomic E-state index is 0.0791. The van der Waals surface area contributed by atoms with Crippen LogP contribution in [-0.4, -0.2) is 54.9 Å². The molecule has 9 heteroatoms. The highest BCUT2D eigenvalue weighted by atomic mass is 32.2. The van der Waals surface area contributed by atoms with Crippen LogP contribution in [0.2, 0.25) is 0 Å². The molecule has 172 valence electrons. The van der Waals surface area contributed by atoms with E-state index in [4.69, 9.17) is 4.74 Å². The summed E-state index contributed by atoms with van der Waals surface area (Å²) in [6.45, 7) is 3.28. The summed E-state index contributed by atoms with van der Waals surface area (Å²) in [6, 6.07) is 16.4. The summed E-state index contributed by atoms with van der Waals surface area (Å²) < 4.78 is 19.4. The maximum Gasteiger partial charge on any atom is 0.230 e. The zero-order valence-electron chi connectivity index (χ0n) is 18.4. The van der Waals surface area contributed by atoms with Crippen LogP contribution in [0.15, 0.2) is 66.0 Å². The van der Waals surface area contributed by atoms with Gasteiger partial charge in [0.15, 0.2) is 0 Å². The number of carbonyl (C=O) groups is 1. The molecule has 4 rings (SSSR count). The number of anilines is 2. The predicted octanol–water partition coefficient (Wildman–Crippen LogP) is 3.36. The lowest BCUT2D eigenvalue weighted by Gasteiger charge is -2.36. The summed E-state index contributed by atoms with van der Waals surface area (Å²) in [5.41, 5.74) is 1.56. The van der Waals surface area contributed by atoms with Crippen LogP contribution in [0.1, 0.15) is 5.56 Å². The van der Waals surface area contributed by atoms with Crippen molar-refractivity contribution >= 4 is 29.2 Å². The van der Waals surface area contributed by atoms with Gasteiger partial charge in [-0.2, -0.15) is 0 Å². The van der Waals surface area contributed by atoms with Crippen molar-refractivity contribution in [3.8, 4) is 5.75 Å². The van der Waals surface area contributed by atoms with Gasteiger partial charge < -0.3 is 19.9 Å². The van der Waals surface area contributed by atoms with Crippen LogP contribution >= 0.6 is 11.8 Å². The van der Waals surface area contributed by atoms with Crippen molar-refractivity contribution in [3.63, 3.8) is 0 Å². The first-order chi connectivity index (χ1) is 16.1. The molecule has 0 aliphatic carbocycles. The molecule has 0 radical (unpaired) electrons. The first-order valence-corrected chi connectivity index (χ1v) is 11.7. The van der Waals surface area contributed by atoms with Crippen molar-refractivity contribution in [1.29, 1.82) is 0 Å². The fourth-order valence-corrected chi connectivity index (χ4v) is 4.39. The third kappa shape index (κ3) is 5.92. The fourth-order valence-electron chi connectivity index (χ4n) is 3.70. The lowest BCUT2D eigenvalue weighted by atomic mass is 10.2. The normalized spacial score (nSPS) is 13.6. The molecule has 0 spiro atoms. The number of methoxy groups -OCH3 is 1. The van der Waals surface area contributed by atoms with Gasteiger partial charge in [0, 0.05) is 44.4 Å². The number of ether oxygens (including phenoxy) is 1. The van der Waals surface area contributed by atoms with Gasteiger partial charge in [0.05, 0.1) is 18.6 Å². The summed E-state index contributed by atoms with van der Waals surface area (Å²) in [6.07, 6.45) is 1.52. The number of carbonyl (C=O) groups excluding carboxylic acids is 1. The average Bonchev–Trinajstić information content (AvgIpc) is 2.87. The molecule has 3 aromatic rings. The molecule has 33 heavy (non-hydrogen) atoms. The van der Waals surface area contributed by atoms with Crippen molar-refractivity contribution in [1.82, 2.24) is 15.3 Å². The Morgan fingerprint density at radius 2 is 1.79 bits per heavy atom. The van der Waals surface area contributed by atoms with Crippen LogP contribution in [0.4, 0.5) is 15.9 Å². The Kier molecular flexibility index (Phi) is 7.62. The van der Waals surface area contributed by atoms with E-state index in [1.165, 1.54) is 24.2 Å². The highest BCUT2D eigenvalue weighted by Gasteiger charge is 2.20. The van der Waals surface area contributed by atoms with E-state index in [2.05, 4.69) is 25.1 Å². The van der Waals surface area contributed by atoms with Crippen LogP contribution in [0.3, 0.4) is 0 Å². The van der Waals surface area contributed by atoms with Gasteiger partial charge in [-0.15, -0.1) is 0 Å². The van der Waals surface area contributed by atoms with E-state index in [0.717, 1.165) is 35.2 Å². The molecule has 1 fully saturated rings. The van der Waals surface area contributed by atoms with Crippen LogP contribution < -0.4 is 19.9 Å². The number of nitrogens with zero attached hydrogens (tertiary/aromatic N) is 4. The number of benzene rings is 2. The van der Waals surface area contributed by atoms with Gasteiger partial charge in [-0.3, -0.25) is 4.79 Å². The average molecular weight is 468 g/mol. The van der Waals surface area contributed by atoms with Gasteiger partial charge >= 0.3 is 0 Å². The molecule has 1 amide bonds. The van der Waals surface area contributed by atoms with Gasteiger partial charge in [-0.05, 0) is 18.2 Å². The van der Waals surface area contributed by atoms with E-state index >= 15 is 0 Å². The highest BCUT2D eigenvalue weighted by Crippen LogP contribution is 2.24. The van der Waals surface area contributed by atoms with Crippen molar-refractivity contribution in [2.75, 3.05) is 48.8 Å². The number of halogens is 1. The molecule has 0 bridgehead atoms. The Morgan fingerprint density at radius 1 is 1.06 bits per heavy atom. The number of hydrogen-bond donors (Lipinski definition) is 1. The Morgan fingerprint density at radius 3 is 2.58 bits per heavy atom. The molecule has 1 aliphatic rings. The van der Waals surface area contributed by atoms with Crippen LogP contribution in [0, 0.1) is 5.82 Å². The topological polar surface area (TPSA) is 70.6 Å². The number of amides is 1. The van der Waals surface area contributed by atoms with E-state index in [-0.39, 0.29) is 17.5 Å². The lowest BCUT2D eigenvalue weighted by molar-refractivity contribution is -0.118. The molecule has 1 aliphatic heterocycles. The highest BCUT2D eigenvalue weighted by molar-refractivity contribution is 7.99. The largest absolute Gasteiger partial charge is 0.496 e. The minimum Gasteiger partial charge on any atom is -0.496 e. The fraction of sp³-hybridized carbons (Fsp3) is 0.292. The summed E-state index contributed by atoms with van der Waals surface area (Å²) in [7, 11) is 1.61. The summed E-state index contributed by atoms with van der Waals surface area (Å²) >= 11 is 1.37. The van der Waals surface area contributed by atoms with Gasteiger partial charge in [0.2, 0.25) is 5.91 Å². The SMILES string of the molecule is COc1ccccc1CNC(=O)CSc1cc(N2CCN(c3ccccc3F)CC2)ncn1. The molecule has 0 atom stereocenters. The quantitative estimate of drug-likeness (QED) is 0.402. The van der Waals surface area contributed by atoms with Gasteiger partial charge in [0.25, 0.3) is 0 Å². The second kappa shape index (κ2) is 11.0. The van der Waals surface area contributed by atoms with Gasteiger partial charge in [-0.1, -0.05) is 42.1 Å². The molecule has 1 aromatic heterocycles. The molecular formula is C24H26FN5O2S. The molecule has 1 N–H and O–H groups in total. The van der Waals surface area contributed by atoms with Crippen molar-refractivity contribution < 1.29 is 13.9 Å². The lowest BCUT2D eigenvalue weighted by Crippen LogP contribution is -2.47. The molecule has 1 saturated heterocycles. The monoisotopic (exact) mass is 467 g/mol. The number of aromatic nitrogens is 2. The molecule has 7 nitrogen and oxygen atoms in total. The standard InChI is InChI=1S/C24H26FN5O2S/c1-32-21-9-5-2-6-18(21)15-26-23(31)16-33-24-14-22(27-17-28-24)30-12-10-29(11-13-30)20-8-4-3-7-19(20)25/h2-9,14,17H,10-13,15-16H2,1H3,(H,26,31). The van der Waals surface area contributed by atoms with E-state index in [1.54, 1.807) is 13.2 Å². The third-order valence-electron chi connectivity index (χ3n) is 5.44. The number of para-hydroxylation sites is 2. The van der Waals surface area contributed by atoms with Crippen molar-refractivity contribution in [2.45, 2.75) is 11.6 Å².